The molecule has 0 bridgehead atoms. The lowest BCUT2D eigenvalue weighted by molar-refractivity contribution is 0.0782. The first kappa shape index (κ1) is 16.9. The van der Waals surface area contributed by atoms with E-state index in [-0.39, 0.29) is 18.0 Å². The number of para-hydroxylation sites is 1. The van der Waals surface area contributed by atoms with E-state index in [0.29, 0.717) is 25.3 Å². The number of likely N-dealkylation sites (N-methyl/N-ethyl adjacent to an activating group) is 1. The van der Waals surface area contributed by atoms with Gasteiger partial charge in [0.1, 0.15) is 5.69 Å². The number of rotatable bonds is 3. The van der Waals surface area contributed by atoms with Gasteiger partial charge in [0.2, 0.25) is 0 Å². The molecular weight excluding hydrogens is 356 g/mol. The second kappa shape index (κ2) is 6.40. The van der Waals surface area contributed by atoms with Gasteiger partial charge >= 0.3 is 6.03 Å². The lowest BCUT2D eigenvalue weighted by Gasteiger charge is -2.16. The van der Waals surface area contributed by atoms with Gasteiger partial charge in [0.25, 0.3) is 5.91 Å². The van der Waals surface area contributed by atoms with Gasteiger partial charge < -0.3 is 14.8 Å². The number of hydrogen-bond acceptors (Lipinski definition) is 3. The molecule has 5 rings (SSSR count). The van der Waals surface area contributed by atoms with Gasteiger partial charge in [0.15, 0.2) is 0 Å². The van der Waals surface area contributed by atoms with Crippen LogP contribution in [0.25, 0.3) is 10.9 Å². The normalized spacial score (nSPS) is 20.0. The third-order valence-corrected chi connectivity index (χ3v) is 5.70. The number of aromatic amines is 1. The number of carbonyl (C=O) groups is 2. The van der Waals surface area contributed by atoms with E-state index in [1.54, 1.807) is 23.0 Å². The maximum atomic E-state index is 12.9. The first-order valence-corrected chi connectivity index (χ1v) is 9.54. The smallest absolute Gasteiger partial charge is 0.324 e. The Hall–Kier alpha value is -3.29. The largest absolute Gasteiger partial charge is 0.351 e. The molecule has 144 valence electrons. The van der Waals surface area contributed by atoms with Crippen LogP contribution in [0.3, 0.4) is 0 Å². The average molecular weight is 378 g/mol. The van der Waals surface area contributed by atoms with Crippen LogP contribution < -0.4 is 4.90 Å². The SMILES string of the molecule is CN1CCN(c2cnn(C3CCN(C(=O)c4cc5ccccc5[nH]4)C3)c2)C1=O. The molecular formula is C20H22N6O2. The first-order chi connectivity index (χ1) is 13.6. The van der Waals surface area contributed by atoms with Gasteiger partial charge in [-0.1, -0.05) is 18.2 Å². The Bertz CT molecular complexity index is 1020. The molecule has 2 aromatic heterocycles. The summed E-state index contributed by atoms with van der Waals surface area (Å²) in [6, 6.07) is 9.93. The highest BCUT2D eigenvalue weighted by molar-refractivity contribution is 5.98. The fourth-order valence-corrected chi connectivity index (χ4v) is 4.06. The highest BCUT2D eigenvalue weighted by atomic mass is 16.2. The molecule has 2 saturated heterocycles. The van der Waals surface area contributed by atoms with Crippen molar-refractivity contribution in [1.82, 2.24) is 24.6 Å². The van der Waals surface area contributed by atoms with Gasteiger partial charge in [-0.05, 0) is 18.6 Å². The van der Waals surface area contributed by atoms with Crippen LogP contribution in [-0.2, 0) is 0 Å². The molecule has 28 heavy (non-hydrogen) atoms. The van der Waals surface area contributed by atoms with Crippen molar-refractivity contribution >= 4 is 28.5 Å². The molecule has 1 N–H and O–H groups in total. The van der Waals surface area contributed by atoms with Crippen LogP contribution in [0.1, 0.15) is 23.0 Å². The summed E-state index contributed by atoms with van der Waals surface area (Å²) in [5.41, 5.74) is 2.40. The van der Waals surface area contributed by atoms with E-state index < -0.39 is 0 Å². The zero-order valence-corrected chi connectivity index (χ0v) is 15.7. The number of likely N-dealkylation sites (tertiary alicyclic amines) is 1. The summed E-state index contributed by atoms with van der Waals surface area (Å²) < 4.78 is 1.89. The number of nitrogens with zero attached hydrogens (tertiary/aromatic N) is 5. The van der Waals surface area contributed by atoms with Crippen LogP contribution in [0.5, 0.6) is 0 Å². The quantitative estimate of drug-likeness (QED) is 0.760. The van der Waals surface area contributed by atoms with Crippen molar-refractivity contribution < 1.29 is 9.59 Å². The number of aromatic nitrogens is 3. The van der Waals surface area contributed by atoms with Crippen molar-refractivity contribution in [2.45, 2.75) is 12.5 Å². The van der Waals surface area contributed by atoms with Crippen LogP contribution >= 0.6 is 0 Å². The van der Waals surface area contributed by atoms with Crippen molar-refractivity contribution in [2.75, 3.05) is 38.1 Å². The van der Waals surface area contributed by atoms with Crippen molar-refractivity contribution in [2.24, 2.45) is 0 Å². The van der Waals surface area contributed by atoms with E-state index in [2.05, 4.69) is 10.1 Å². The van der Waals surface area contributed by atoms with E-state index in [0.717, 1.165) is 29.6 Å². The third-order valence-electron chi connectivity index (χ3n) is 5.70. The van der Waals surface area contributed by atoms with Crippen LogP contribution in [0.15, 0.2) is 42.7 Å². The minimum atomic E-state index is 0.00147. The molecule has 4 heterocycles. The van der Waals surface area contributed by atoms with Crippen LogP contribution in [0.4, 0.5) is 10.5 Å². The van der Waals surface area contributed by atoms with E-state index >= 15 is 0 Å². The fraction of sp³-hybridized carbons (Fsp3) is 0.350. The summed E-state index contributed by atoms with van der Waals surface area (Å²) in [5.74, 6) is 0.0161. The van der Waals surface area contributed by atoms with Gasteiger partial charge in [-0.3, -0.25) is 14.4 Å². The summed E-state index contributed by atoms with van der Waals surface area (Å²) in [6.07, 6.45) is 4.50. The maximum Gasteiger partial charge on any atom is 0.324 e. The molecule has 1 unspecified atom stereocenters. The molecule has 2 aliphatic rings. The zero-order valence-electron chi connectivity index (χ0n) is 15.7. The molecule has 1 aromatic carbocycles. The Kier molecular flexibility index (Phi) is 3.85. The molecule has 0 saturated carbocycles. The van der Waals surface area contributed by atoms with E-state index in [9.17, 15) is 9.59 Å². The van der Waals surface area contributed by atoms with Crippen LogP contribution in [0, 0.1) is 0 Å². The predicted octanol–water partition coefficient (Wildman–Crippen LogP) is 2.32. The van der Waals surface area contributed by atoms with Crippen molar-refractivity contribution in [1.29, 1.82) is 0 Å². The Balaban J connectivity index is 1.29. The second-order valence-electron chi connectivity index (χ2n) is 7.50. The standard InChI is InChI=1S/C20H22N6O2/c1-23-8-9-25(20(23)28)16-11-21-26(13-16)15-6-7-24(12-15)19(27)18-10-14-4-2-3-5-17(14)22-18/h2-5,10-11,13,15,22H,6-9,12H2,1H3. The molecule has 2 aliphatic heterocycles. The predicted molar refractivity (Wildman–Crippen MR) is 105 cm³/mol. The van der Waals surface area contributed by atoms with Crippen LogP contribution in [-0.4, -0.2) is 69.7 Å². The lowest BCUT2D eigenvalue weighted by Crippen LogP contribution is -2.29. The highest BCUT2D eigenvalue weighted by Gasteiger charge is 2.31. The highest BCUT2D eigenvalue weighted by Crippen LogP contribution is 2.26. The molecule has 3 amide bonds. The molecule has 8 heteroatoms. The van der Waals surface area contributed by atoms with Gasteiger partial charge in [0.05, 0.1) is 17.9 Å². The van der Waals surface area contributed by atoms with Gasteiger partial charge in [0, 0.05) is 50.3 Å². The minimum absolute atomic E-state index is 0.00147. The third kappa shape index (κ3) is 2.72. The van der Waals surface area contributed by atoms with Gasteiger partial charge in [-0.25, -0.2) is 4.79 Å². The van der Waals surface area contributed by atoms with Crippen molar-refractivity contribution in [3.05, 3.63) is 48.4 Å². The average Bonchev–Trinajstić information content (AvgIpc) is 3.48. The van der Waals surface area contributed by atoms with Crippen molar-refractivity contribution in [3.63, 3.8) is 0 Å². The van der Waals surface area contributed by atoms with E-state index in [4.69, 9.17) is 0 Å². The molecule has 0 aliphatic carbocycles. The Morgan fingerprint density at radius 2 is 2.07 bits per heavy atom. The molecule has 8 nitrogen and oxygen atoms in total. The number of amides is 3. The molecule has 1 atom stereocenters. The van der Waals surface area contributed by atoms with Gasteiger partial charge in [-0.2, -0.15) is 5.10 Å². The Labute approximate surface area is 162 Å². The summed E-state index contributed by atoms with van der Waals surface area (Å²) in [7, 11) is 1.80. The molecule has 3 aromatic rings. The van der Waals surface area contributed by atoms with Crippen molar-refractivity contribution in [3.8, 4) is 0 Å². The zero-order chi connectivity index (χ0) is 19.3. The number of benzene rings is 1. The Morgan fingerprint density at radius 3 is 2.86 bits per heavy atom. The number of nitrogens with one attached hydrogen (secondary N) is 1. The molecule has 0 radical (unpaired) electrons. The maximum absolute atomic E-state index is 12.9. The summed E-state index contributed by atoms with van der Waals surface area (Å²) in [4.78, 5) is 33.6. The summed E-state index contributed by atoms with van der Waals surface area (Å²) in [6.45, 7) is 2.71. The number of anilines is 1. The minimum Gasteiger partial charge on any atom is -0.351 e. The van der Waals surface area contributed by atoms with E-state index in [1.165, 1.54) is 0 Å². The fourth-order valence-electron chi connectivity index (χ4n) is 4.06. The number of carbonyl (C=O) groups excluding carboxylic acids is 2. The number of H-pyrrole nitrogens is 1. The molecule has 0 spiro atoms. The number of hydrogen-bond donors (Lipinski definition) is 1. The number of fused-ring (bicyclic) bond motifs is 1. The first-order valence-electron chi connectivity index (χ1n) is 9.54. The summed E-state index contributed by atoms with van der Waals surface area (Å²) in [5, 5.41) is 5.50. The van der Waals surface area contributed by atoms with E-state index in [1.807, 2.05) is 46.1 Å². The second-order valence-corrected chi connectivity index (χ2v) is 7.50. The van der Waals surface area contributed by atoms with Crippen LogP contribution in [0.2, 0.25) is 0 Å². The monoisotopic (exact) mass is 378 g/mol. The Morgan fingerprint density at radius 1 is 1.21 bits per heavy atom. The molecule has 2 fully saturated rings. The number of urea groups is 1. The summed E-state index contributed by atoms with van der Waals surface area (Å²) >= 11 is 0. The lowest BCUT2D eigenvalue weighted by atomic mass is 10.2. The topological polar surface area (TPSA) is 77.5 Å². The van der Waals surface area contributed by atoms with Gasteiger partial charge in [-0.15, -0.1) is 0 Å².